The standard InChI is InChI=1S/C18H20BrNO/c1-4-17(15-6-5-12(2)13(3)11-15)20-18(21)14-7-9-16(19)10-8-14/h5-11,17H,4H2,1-3H3,(H,20,21)/t17-/m0/s1. The van der Waals surface area contributed by atoms with Gasteiger partial charge in [-0.05, 0) is 61.2 Å². The summed E-state index contributed by atoms with van der Waals surface area (Å²) in [6.07, 6.45) is 0.866. The summed E-state index contributed by atoms with van der Waals surface area (Å²) in [6.45, 7) is 6.28. The maximum absolute atomic E-state index is 12.3. The topological polar surface area (TPSA) is 29.1 Å². The third kappa shape index (κ3) is 3.94. The molecule has 3 heteroatoms. The second-order valence-corrected chi connectivity index (χ2v) is 6.20. The van der Waals surface area contributed by atoms with Crippen molar-refractivity contribution in [3.05, 3.63) is 69.2 Å². The molecule has 0 aliphatic heterocycles. The Morgan fingerprint density at radius 3 is 2.33 bits per heavy atom. The highest BCUT2D eigenvalue weighted by molar-refractivity contribution is 9.10. The number of amides is 1. The number of carbonyl (C=O) groups is 1. The zero-order valence-corrected chi connectivity index (χ0v) is 14.2. The molecule has 0 aromatic heterocycles. The van der Waals surface area contributed by atoms with Crippen molar-refractivity contribution < 1.29 is 4.79 Å². The van der Waals surface area contributed by atoms with Crippen LogP contribution in [0, 0.1) is 13.8 Å². The lowest BCUT2D eigenvalue weighted by Crippen LogP contribution is -2.28. The summed E-state index contributed by atoms with van der Waals surface area (Å²) in [5.41, 5.74) is 4.36. The number of aryl methyl sites for hydroxylation is 2. The lowest BCUT2D eigenvalue weighted by atomic mass is 9.99. The summed E-state index contributed by atoms with van der Waals surface area (Å²) in [5, 5.41) is 3.11. The quantitative estimate of drug-likeness (QED) is 0.834. The van der Waals surface area contributed by atoms with Crippen molar-refractivity contribution in [2.24, 2.45) is 0 Å². The van der Waals surface area contributed by atoms with Crippen LogP contribution in [-0.2, 0) is 0 Å². The van der Waals surface area contributed by atoms with E-state index >= 15 is 0 Å². The molecule has 0 fully saturated rings. The molecule has 2 nitrogen and oxygen atoms in total. The van der Waals surface area contributed by atoms with Gasteiger partial charge in [-0.3, -0.25) is 4.79 Å². The van der Waals surface area contributed by atoms with Gasteiger partial charge >= 0.3 is 0 Å². The van der Waals surface area contributed by atoms with Gasteiger partial charge in [0.2, 0.25) is 0 Å². The van der Waals surface area contributed by atoms with E-state index in [0.29, 0.717) is 5.56 Å². The highest BCUT2D eigenvalue weighted by atomic mass is 79.9. The minimum absolute atomic E-state index is 0.0346. The number of halogens is 1. The number of nitrogens with one attached hydrogen (secondary N) is 1. The van der Waals surface area contributed by atoms with Crippen molar-refractivity contribution in [1.82, 2.24) is 5.32 Å². The molecule has 1 amide bonds. The normalized spacial score (nSPS) is 12.0. The van der Waals surface area contributed by atoms with Gasteiger partial charge in [-0.15, -0.1) is 0 Å². The molecule has 0 heterocycles. The van der Waals surface area contributed by atoms with Gasteiger partial charge in [-0.1, -0.05) is 41.1 Å². The van der Waals surface area contributed by atoms with E-state index in [1.807, 2.05) is 24.3 Å². The highest BCUT2D eigenvalue weighted by Crippen LogP contribution is 2.20. The fraction of sp³-hybridized carbons (Fsp3) is 0.278. The highest BCUT2D eigenvalue weighted by Gasteiger charge is 2.14. The van der Waals surface area contributed by atoms with Crippen LogP contribution >= 0.6 is 15.9 Å². The molecule has 0 unspecified atom stereocenters. The van der Waals surface area contributed by atoms with E-state index in [1.54, 1.807) is 0 Å². The Kier molecular flexibility index (Phi) is 5.18. The van der Waals surface area contributed by atoms with E-state index in [1.165, 1.54) is 11.1 Å². The molecule has 2 aromatic rings. The lowest BCUT2D eigenvalue weighted by molar-refractivity contribution is 0.0935. The van der Waals surface area contributed by atoms with Crippen LogP contribution in [0.5, 0.6) is 0 Å². The van der Waals surface area contributed by atoms with Gasteiger partial charge in [0, 0.05) is 10.0 Å². The zero-order valence-electron chi connectivity index (χ0n) is 12.6. The van der Waals surface area contributed by atoms with Gasteiger partial charge in [-0.2, -0.15) is 0 Å². The van der Waals surface area contributed by atoms with Crippen LogP contribution < -0.4 is 5.32 Å². The van der Waals surface area contributed by atoms with Crippen molar-refractivity contribution in [2.75, 3.05) is 0 Å². The number of hydrogen-bond donors (Lipinski definition) is 1. The molecule has 0 aliphatic carbocycles. The summed E-state index contributed by atoms with van der Waals surface area (Å²) in [6, 6.07) is 13.8. The average molecular weight is 346 g/mol. The van der Waals surface area contributed by atoms with Crippen molar-refractivity contribution in [1.29, 1.82) is 0 Å². The molecule has 1 atom stereocenters. The largest absolute Gasteiger partial charge is 0.345 e. The predicted octanol–water partition coefficient (Wildman–Crippen LogP) is 4.95. The first kappa shape index (κ1) is 15.8. The summed E-state index contributed by atoms with van der Waals surface area (Å²) in [5.74, 6) is -0.0346. The monoisotopic (exact) mass is 345 g/mol. The Hall–Kier alpha value is -1.61. The minimum atomic E-state index is -0.0346. The molecule has 2 aromatic carbocycles. The molecular weight excluding hydrogens is 326 g/mol. The van der Waals surface area contributed by atoms with Crippen molar-refractivity contribution in [3.63, 3.8) is 0 Å². The Balaban J connectivity index is 2.16. The zero-order chi connectivity index (χ0) is 15.4. The molecule has 0 spiro atoms. The van der Waals surface area contributed by atoms with Gasteiger partial charge in [0.15, 0.2) is 0 Å². The van der Waals surface area contributed by atoms with Crippen LogP contribution in [0.15, 0.2) is 46.9 Å². The predicted molar refractivity (Wildman–Crippen MR) is 90.6 cm³/mol. The van der Waals surface area contributed by atoms with E-state index in [9.17, 15) is 4.79 Å². The van der Waals surface area contributed by atoms with E-state index in [2.05, 4.69) is 60.2 Å². The maximum Gasteiger partial charge on any atom is 0.251 e. The van der Waals surface area contributed by atoms with Crippen LogP contribution in [-0.4, -0.2) is 5.91 Å². The van der Waals surface area contributed by atoms with Gasteiger partial charge in [0.25, 0.3) is 5.91 Å². The van der Waals surface area contributed by atoms with E-state index in [4.69, 9.17) is 0 Å². The van der Waals surface area contributed by atoms with Crippen molar-refractivity contribution in [2.45, 2.75) is 33.2 Å². The fourth-order valence-corrected chi connectivity index (χ4v) is 2.51. The summed E-state index contributed by atoms with van der Waals surface area (Å²) in [7, 11) is 0. The first-order valence-corrected chi connectivity index (χ1v) is 7.94. The van der Waals surface area contributed by atoms with Gasteiger partial charge in [-0.25, -0.2) is 0 Å². The lowest BCUT2D eigenvalue weighted by Gasteiger charge is -2.18. The second-order valence-electron chi connectivity index (χ2n) is 5.28. The summed E-state index contributed by atoms with van der Waals surface area (Å²) in [4.78, 5) is 12.3. The number of rotatable bonds is 4. The number of benzene rings is 2. The van der Waals surface area contributed by atoms with Crippen LogP contribution in [0.4, 0.5) is 0 Å². The van der Waals surface area contributed by atoms with Gasteiger partial charge in [0.05, 0.1) is 6.04 Å². The molecule has 1 N–H and O–H groups in total. The molecule has 0 bridgehead atoms. The third-order valence-electron chi connectivity index (χ3n) is 3.75. The van der Waals surface area contributed by atoms with Crippen molar-refractivity contribution >= 4 is 21.8 Å². The first-order valence-electron chi connectivity index (χ1n) is 7.15. The molecular formula is C18H20BrNO. The summed E-state index contributed by atoms with van der Waals surface area (Å²) < 4.78 is 0.972. The Labute approximate surface area is 134 Å². The van der Waals surface area contributed by atoms with E-state index in [0.717, 1.165) is 16.5 Å². The Morgan fingerprint density at radius 2 is 1.76 bits per heavy atom. The molecule has 0 saturated carbocycles. The number of carbonyl (C=O) groups excluding carboxylic acids is 1. The Bertz CT molecular complexity index is 634. The number of hydrogen-bond acceptors (Lipinski definition) is 1. The van der Waals surface area contributed by atoms with Crippen LogP contribution in [0.1, 0.15) is 46.4 Å². The Morgan fingerprint density at radius 1 is 1.10 bits per heavy atom. The SMILES string of the molecule is CC[C@H](NC(=O)c1ccc(Br)cc1)c1ccc(C)c(C)c1. The van der Waals surface area contributed by atoms with Gasteiger partial charge < -0.3 is 5.32 Å². The average Bonchev–Trinajstić information content (AvgIpc) is 2.48. The van der Waals surface area contributed by atoms with E-state index < -0.39 is 0 Å². The van der Waals surface area contributed by atoms with Crippen molar-refractivity contribution in [3.8, 4) is 0 Å². The molecule has 0 aliphatic rings. The molecule has 0 saturated heterocycles. The first-order chi connectivity index (χ1) is 10.0. The molecule has 0 radical (unpaired) electrons. The van der Waals surface area contributed by atoms with E-state index in [-0.39, 0.29) is 11.9 Å². The second kappa shape index (κ2) is 6.90. The smallest absolute Gasteiger partial charge is 0.251 e. The minimum Gasteiger partial charge on any atom is -0.345 e. The fourth-order valence-electron chi connectivity index (χ4n) is 2.25. The summed E-state index contributed by atoms with van der Waals surface area (Å²) >= 11 is 3.38. The van der Waals surface area contributed by atoms with Crippen LogP contribution in [0.2, 0.25) is 0 Å². The molecule has 2 rings (SSSR count). The van der Waals surface area contributed by atoms with Gasteiger partial charge in [0.1, 0.15) is 0 Å². The third-order valence-corrected chi connectivity index (χ3v) is 4.28. The molecule has 110 valence electrons. The maximum atomic E-state index is 12.3. The van der Waals surface area contributed by atoms with Crippen LogP contribution in [0.25, 0.3) is 0 Å². The van der Waals surface area contributed by atoms with Crippen LogP contribution in [0.3, 0.4) is 0 Å². The molecule has 21 heavy (non-hydrogen) atoms.